The Morgan fingerprint density at radius 1 is 1.29 bits per heavy atom. The molecular formula is C15H21N3O6. The number of hydrogen-bond acceptors (Lipinski definition) is 6. The predicted molar refractivity (Wildman–Crippen MR) is 84.1 cm³/mol. The van der Waals surface area contributed by atoms with Crippen LogP contribution in [0.1, 0.15) is 55.4 Å². The predicted octanol–water partition coefficient (Wildman–Crippen LogP) is 0.0403. The van der Waals surface area contributed by atoms with Crippen LogP contribution in [-0.4, -0.2) is 39.7 Å². The molecule has 0 saturated heterocycles. The molecule has 1 aromatic rings. The Morgan fingerprint density at radius 3 is 2.58 bits per heavy atom. The summed E-state index contributed by atoms with van der Waals surface area (Å²) < 4.78 is 5.65. The van der Waals surface area contributed by atoms with Crippen LogP contribution in [0.2, 0.25) is 0 Å². The van der Waals surface area contributed by atoms with Gasteiger partial charge in [-0.05, 0) is 19.8 Å². The fraction of sp³-hybridized carbons (Fsp3) is 0.600. The van der Waals surface area contributed by atoms with E-state index >= 15 is 0 Å². The van der Waals surface area contributed by atoms with E-state index in [0.717, 1.165) is 23.8 Å². The summed E-state index contributed by atoms with van der Waals surface area (Å²) in [5.74, 6) is -2.41. The summed E-state index contributed by atoms with van der Waals surface area (Å²) >= 11 is 0. The van der Waals surface area contributed by atoms with Gasteiger partial charge in [0.05, 0.1) is 6.61 Å². The van der Waals surface area contributed by atoms with Crippen molar-refractivity contribution in [2.24, 2.45) is 0 Å². The Labute approximate surface area is 137 Å². The van der Waals surface area contributed by atoms with Crippen LogP contribution in [0.5, 0.6) is 5.88 Å². The Hall–Kier alpha value is -2.58. The standard InChI is InChI=1S/C15H21N3O6/c1-2-24-10(19)8-16-12(20)11-13(21)17-15(23)18(14(11)22)9-6-4-3-5-7-9/h9,21H,2-8H2,1H3,(H,16,20)(H,17,23). The average Bonchev–Trinajstić information content (AvgIpc) is 2.53. The fourth-order valence-corrected chi connectivity index (χ4v) is 2.87. The molecule has 1 saturated carbocycles. The van der Waals surface area contributed by atoms with Crippen molar-refractivity contribution in [1.29, 1.82) is 0 Å². The number of aromatic amines is 1. The molecular weight excluding hydrogens is 318 g/mol. The van der Waals surface area contributed by atoms with E-state index in [2.05, 4.69) is 15.0 Å². The van der Waals surface area contributed by atoms with Gasteiger partial charge in [-0.2, -0.15) is 0 Å². The molecule has 2 rings (SSSR count). The fourth-order valence-electron chi connectivity index (χ4n) is 2.87. The number of carbonyl (C=O) groups excluding carboxylic acids is 2. The summed E-state index contributed by atoms with van der Waals surface area (Å²) in [6, 6.07) is -0.299. The van der Waals surface area contributed by atoms with E-state index in [4.69, 9.17) is 0 Å². The maximum Gasteiger partial charge on any atom is 0.331 e. The van der Waals surface area contributed by atoms with Crippen LogP contribution in [0, 0.1) is 0 Å². The van der Waals surface area contributed by atoms with E-state index in [1.165, 1.54) is 0 Å². The highest BCUT2D eigenvalue weighted by Crippen LogP contribution is 2.26. The van der Waals surface area contributed by atoms with E-state index in [9.17, 15) is 24.3 Å². The largest absolute Gasteiger partial charge is 0.494 e. The molecule has 1 fully saturated rings. The number of hydrogen-bond donors (Lipinski definition) is 3. The van der Waals surface area contributed by atoms with Crippen LogP contribution < -0.4 is 16.6 Å². The highest BCUT2D eigenvalue weighted by Gasteiger charge is 2.25. The lowest BCUT2D eigenvalue weighted by atomic mass is 9.95. The first-order valence-electron chi connectivity index (χ1n) is 7.97. The number of esters is 1. The minimum atomic E-state index is -0.939. The van der Waals surface area contributed by atoms with Gasteiger partial charge in [-0.1, -0.05) is 19.3 Å². The van der Waals surface area contributed by atoms with Crippen LogP contribution in [0.4, 0.5) is 0 Å². The first-order chi connectivity index (χ1) is 11.5. The number of nitrogens with zero attached hydrogens (tertiary/aromatic N) is 1. The van der Waals surface area contributed by atoms with Crippen molar-refractivity contribution in [3.05, 3.63) is 26.4 Å². The van der Waals surface area contributed by atoms with Gasteiger partial charge < -0.3 is 15.2 Å². The van der Waals surface area contributed by atoms with Crippen molar-refractivity contribution < 1.29 is 19.4 Å². The topological polar surface area (TPSA) is 130 Å². The second-order valence-corrected chi connectivity index (χ2v) is 5.61. The molecule has 1 heterocycles. The SMILES string of the molecule is CCOC(=O)CNC(=O)c1c(O)[nH]c(=O)n(C2CCCCC2)c1=O. The van der Waals surface area contributed by atoms with Gasteiger partial charge in [0.15, 0.2) is 5.56 Å². The van der Waals surface area contributed by atoms with E-state index in [1.807, 2.05) is 0 Å². The number of carbonyl (C=O) groups is 2. The zero-order valence-corrected chi connectivity index (χ0v) is 13.5. The van der Waals surface area contributed by atoms with Gasteiger partial charge in [-0.3, -0.25) is 23.9 Å². The summed E-state index contributed by atoms with van der Waals surface area (Å²) in [5, 5.41) is 12.0. The Balaban J connectivity index is 2.29. The Bertz CT molecular complexity index is 730. The number of H-pyrrole nitrogens is 1. The number of ether oxygens (including phenoxy) is 1. The quantitative estimate of drug-likeness (QED) is 0.649. The molecule has 3 N–H and O–H groups in total. The smallest absolute Gasteiger partial charge is 0.331 e. The van der Waals surface area contributed by atoms with Crippen molar-refractivity contribution in [3.8, 4) is 5.88 Å². The lowest BCUT2D eigenvalue weighted by Gasteiger charge is -2.23. The molecule has 0 bridgehead atoms. The van der Waals surface area contributed by atoms with Gasteiger partial charge >= 0.3 is 11.7 Å². The molecule has 0 unspecified atom stereocenters. The zero-order valence-electron chi connectivity index (χ0n) is 13.5. The van der Waals surface area contributed by atoms with Gasteiger partial charge in [0, 0.05) is 6.04 Å². The van der Waals surface area contributed by atoms with Crippen LogP contribution in [-0.2, 0) is 9.53 Å². The first kappa shape index (κ1) is 17.8. The average molecular weight is 339 g/mol. The molecule has 132 valence electrons. The van der Waals surface area contributed by atoms with E-state index in [-0.39, 0.29) is 12.6 Å². The zero-order chi connectivity index (χ0) is 17.7. The van der Waals surface area contributed by atoms with Crippen molar-refractivity contribution >= 4 is 11.9 Å². The third kappa shape index (κ3) is 3.84. The maximum atomic E-state index is 12.5. The Morgan fingerprint density at radius 2 is 1.96 bits per heavy atom. The third-order valence-electron chi connectivity index (χ3n) is 3.98. The van der Waals surface area contributed by atoms with Crippen LogP contribution in [0.15, 0.2) is 9.59 Å². The van der Waals surface area contributed by atoms with Gasteiger partial charge in [-0.25, -0.2) is 4.79 Å². The molecule has 9 heteroatoms. The minimum Gasteiger partial charge on any atom is -0.494 e. The molecule has 0 atom stereocenters. The summed E-state index contributed by atoms with van der Waals surface area (Å²) in [7, 11) is 0. The van der Waals surface area contributed by atoms with E-state index in [1.54, 1.807) is 6.92 Å². The first-order valence-corrected chi connectivity index (χ1v) is 7.97. The van der Waals surface area contributed by atoms with Crippen molar-refractivity contribution in [1.82, 2.24) is 14.9 Å². The maximum absolute atomic E-state index is 12.5. The van der Waals surface area contributed by atoms with E-state index < -0.39 is 41.1 Å². The number of nitrogens with one attached hydrogen (secondary N) is 2. The molecule has 1 aliphatic rings. The number of rotatable bonds is 5. The summed E-state index contributed by atoms with van der Waals surface area (Å²) in [6.45, 7) is 1.34. The van der Waals surface area contributed by atoms with Gasteiger partial charge in [0.2, 0.25) is 5.88 Å². The van der Waals surface area contributed by atoms with Gasteiger partial charge in [0.1, 0.15) is 6.54 Å². The molecule has 0 radical (unpaired) electrons. The van der Waals surface area contributed by atoms with Gasteiger partial charge in [-0.15, -0.1) is 0 Å². The normalized spacial score (nSPS) is 15.0. The van der Waals surface area contributed by atoms with Crippen LogP contribution >= 0.6 is 0 Å². The molecule has 1 amide bonds. The Kier molecular flexibility index (Phi) is 5.78. The van der Waals surface area contributed by atoms with Crippen molar-refractivity contribution in [2.45, 2.75) is 45.1 Å². The number of amides is 1. The highest BCUT2D eigenvalue weighted by atomic mass is 16.5. The second kappa shape index (κ2) is 7.80. The highest BCUT2D eigenvalue weighted by molar-refractivity contribution is 5.97. The molecule has 9 nitrogen and oxygen atoms in total. The summed E-state index contributed by atoms with van der Waals surface area (Å²) in [5.41, 5.74) is -2.18. The van der Waals surface area contributed by atoms with Crippen molar-refractivity contribution in [3.63, 3.8) is 0 Å². The lowest BCUT2D eigenvalue weighted by molar-refractivity contribution is -0.141. The summed E-state index contributed by atoms with van der Waals surface area (Å²) in [4.78, 5) is 50.1. The molecule has 24 heavy (non-hydrogen) atoms. The van der Waals surface area contributed by atoms with Crippen LogP contribution in [0.3, 0.4) is 0 Å². The lowest BCUT2D eigenvalue weighted by Crippen LogP contribution is -2.43. The summed E-state index contributed by atoms with van der Waals surface area (Å²) in [6.07, 6.45) is 4.15. The molecule has 1 aliphatic carbocycles. The number of aromatic hydroxyl groups is 1. The third-order valence-corrected chi connectivity index (χ3v) is 3.98. The van der Waals surface area contributed by atoms with Crippen molar-refractivity contribution in [2.75, 3.05) is 13.2 Å². The minimum absolute atomic E-state index is 0.160. The second-order valence-electron chi connectivity index (χ2n) is 5.61. The number of aromatic nitrogens is 2. The molecule has 0 aliphatic heterocycles. The van der Waals surface area contributed by atoms with Gasteiger partial charge in [0.25, 0.3) is 11.5 Å². The molecule has 0 aromatic carbocycles. The monoisotopic (exact) mass is 339 g/mol. The van der Waals surface area contributed by atoms with E-state index in [0.29, 0.717) is 12.8 Å². The van der Waals surface area contributed by atoms with Crippen LogP contribution in [0.25, 0.3) is 0 Å². The molecule has 1 aromatic heterocycles. The molecule has 0 spiro atoms.